The number of aliphatic hydroxyl groups is 24. The molecule has 96 heavy (non-hydrogen) atoms. The van der Waals surface area contributed by atoms with Crippen LogP contribution in [0.3, 0.4) is 0 Å². The maximum Gasteiger partial charge on any atom is 0.253 e. The summed E-state index contributed by atoms with van der Waals surface area (Å²) >= 11 is 4.71. The second kappa shape index (κ2) is 40.0. The van der Waals surface area contributed by atoms with E-state index in [2.05, 4.69) is 31.9 Å². The minimum absolute atomic E-state index is 0.168. The number of amides is 6. The third-order valence-corrected chi connectivity index (χ3v) is 18.3. The van der Waals surface area contributed by atoms with E-state index in [4.69, 9.17) is 28.4 Å². The van der Waals surface area contributed by atoms with Gasteiger partial charge in [-0.2, -0.15) is 0 Å². The van der Waals surface area contributed by atoms with Crippen LogP contribution in [-0.4, -0.2) is 402 Å². The number of hydrogen-bond acceptors (Lipinski definition) is 36. The van der Waals surface area contributed by atoms with E-state index in [1.165, 1.54) is 0 Å². The summed E-state index contributed by atoms with van der Waals surface area (Å²) in [6.45, 7) is -9.71. The van der Waals surface area contributed by atoms with Crippen molar-refractivity contribution in [1.29, 1.82) is 0 Å². The first kappa shape index (κ1) is 85.4. The van der Waals surface area contributed by atoms with Crippen LogP contribution >= 0.6 is 67.8 Å². The number of ether oxygens (including phenoxy) is 6. The highest BCUT2D eigenvalue weighted by atomic mass is 127. The smallest absolute Gasteiger partial charge is 0.253 e. The van der Waals surface area contributed by atoms with Gasteiger partial charge in [-0.25, -0.2) is 0 Å². The second-order valence-electron chi connectivity index (χ2n) is 21.7. The lowest BCUT2D eigenvalue weighted by molar-refractivity contribution is -0.326. The molecule has 45 heteroatoms. The number of nitrogens with one attached hydrogen (secondary N) is 6. The molecule has 3 saturated heterocycles. The predicted molar refractivity (Wildman–Crippen MR) is 332 cm³/mol. The Bertz CT molecular complexity index is 2390. The van der Waals surface area contributed by atoms with Crippen LogP contribution in [0.4, 0.5) is 0 Å². The van der Waals surface area contributed by atoms with Gasteiger partial charge in [-0.05, 0) is 67.8 Å². The molecule has 1 aromatic carbocycles. The maximum atomic E-state index is 14.1. The third-order valence-electron chi connectivity index (χ3n) is 15.0. The monoisotopic (exact) mass is 1730 g/mol. The van der Waals surface area contributed by atoms with Crippen molar-refractivity contribution in [2.75, 3.05) is 78.9 Å². The zero-order valence-electron chi connectivity index (χ0n) is 49.8. The normalized spacial score (nSPS) is 30.0. The van der Waals surface area contributed by atoms with Gasteiger partial charge in [0, 0.05) is 50.0 Å². The molecule has 0 bridgehead atoms. The Morgan fingerprint density at radius 2 is 0.552 bits per heavy atom. The summed E-state index contributed by atoms with van der Waals surface area (Å²) in [4.78, 5) is 81.7. The van der Waals surface area contributed by atoms with E-state index in [0.29, 0.717) is 0 Å². The van der Waals surface area contributed by atoms with Crippen molar-refractivity contribution in [1.82, 2.24) is 31.9 Å². The number of aliphatic hydroxyl groups excluding tert-OH is 24. The fourth-order valence-electron chi connectivity index (χ4n) is 9.44. The summed E-state index contributed by atoms with van der Waals surface area (Å²) in [5.74, 6) is -7.38. The van der Waals surface area contributed by atoms with Crippen molar-refractivity contribution in [2.45, 2.75) is 165 Å². The molecule has 4 rings (SSSR count). The van der Waals surface area contributed by atoms with Gasteiger partial charge in [-0.1, -0.05) is 0 Å². The number of carbonyl (C=O) groups excluding carboxylic acids is 6. The van der Waals surface area contributed by atoms with Gasteiger partial charge in [-0.3, -0.25) is 28.8 Å². The van der Waals surface area contributed by atoms with Crippen molar-refractivity contribution >= 4 is 103 Å². The minimum Gasteiger partial charge on any atom is -0.394 e. The Labute approximate surface area is 583 Å². The molecular formula is C51H81I3N6O36. The summed E-state index contributed by atoms with van der Waals surface area (Å²) < 4.78 is 31.0. The predicted octanol–water partition coefficient (Wildman–Crippen LogP) is -17.2. The topological polar surface area (TPSA) is 716 Å². The van der Waals surface area contributed by atoms with E-state index in [9.17, 15) is 151 Å². The molecule has 0 saturated carbocycles. The molecule has 3 aliphatic rings. The maximum absolute atomic E-state index is 14.1. The van der Waals surface area contributed by atoms with Crippen molar-refractivity contribution in [2.24, 2.45) is 0 Å². The van der Waals surface area contributed by atoms with E-state index in [0.717, 1.165) is 0 Å². The van der Waals surface area contributed by atoms with Crippen molar-refractivity contribution in [3.05, 3.63) is 27.4 Å². The van der Waals surface area contributed by atoms with Gasteiger partial charge in [0.1, 0.15) is 128 Å². The van der Waals surface area contributed by atoms with Gasteiger partial charge >= 0.3 is 0 Å². The molecule has 30 N–H and O–H groups in total. The van der Waals surface area contributed by atoms with E-state index in [-0.39, 0.29) is 10.7 Å². The van der Waals surface area contributed by atoms with Crippen LogP contribution < -0.4 is 31.9 Å². The Hall–Kier alpha value is -2.97. The van der Waals surface area contributed by atoms with Crippen LogP contribution in [0.1, 0.15) is 31.1 Å². The molecular weight excluding hydrogens is 1650 g/mol. The zero-order chi connectivity index (χ0) is 72.5. The molecule has 6 amide bonds. The highest BCUT2D eigenvalue weighted by Gasteiger charge is 2.51. The van der Waals surface area contributed by atoms with Gasteiger partial charge in [0.2, 0.25) is 0 Å². The lowest BCUT2D eigenvalue weighted by Crippen LogP contribution is -2.62. The highest BCUT2D eigenvalue weighted by Crippen LogP contribution is 2.34. The molecule has 3 fully saturated rings. The Morgan fingerprint density at radius 1 is 0.344 bits per heavy atom. The van der Waals surface area contributed by atoms with Gasteiger partial charge in [0.15, 0.2) is 37.2 Å². The van der Waals surface area contributed by atoms with Crippen molar-refractivity contribution < 1.29 is 180 Å². The molecule has 552 valence electrons. The molecule has 1 aromatic rings. The second-order valence-corrected chi connectivity index (χ2v) is 24.9. The third kappa shape index (κ3) is 21.3. The zero-order valence-corrected chi connectivity index (χ0v) is 56.3. The molecule has 42 nitrogen and oxygen atoms in total. The lowest BCUT2D eigenvalue weighted by Gasteiger charge is -2.42. The van der Waals surface area contributed by atoms with Crippen LogP contribution in [-0.2, 0) is 42.8 Å². The van der Waals surface area contributed by atoms with Crippen molar-refractivity contribution in [3.63, 3.8) is 0 Å². The van der Waals surface area contributed by atoms with E-state index < -0.39 is 296 Å². The largest absolute Gasteiger partial charge is 0.394 e. The Kier molecular flexibility index (Phi) is 35.6. The van der Waals surface area contributed by atoms with Gasteiger partial charge in [-0.15, -0.1) is 0 Å². The van der Waals surface area contributed by atoms with Crippen LogP contribution in [0.25, 0.3) is 0 Å². The average molecular weight is 1730 g/mol. The molecule has 3 aliphatic heterocycles. The highest BCUT2D eigenvalue weighted by molar-refractivity contribution is 14.1. The first-order valence-electron chi connectivity index (χ1n) is 28.9. The van der Waals surface area contributed by atoms with Crippen LogP contribution in [0.5, 0.6) is 0 Å². The summed E-state index contributed by atoms with van der Waals surface area (Å²) in [6, 6.07) is 0. The number of rotatable bonds is 36. The first-order chi connectivity index (χ1) is 45.1. The molecule has 27 atom stereocenters. The molecule has 0 spiro atoms. The molecule has 3 heterocycles. The van der Waals surface area contributed by atoms with Gasteiger partial charge in [0.05, 0.1) is 56.3 Å². The van der Waals surface area contributed by atoms with Crippen LogP contribution in [0.15, 0.2) is 0 Å². The van der Waals surface area contributed by atoms with Gasteiger partial charge in [0.25, 0.3) is 35.4 Å². The lowest BCUT2D eigenvalue weighted by atomic mass is 9.98. The Balaban J connectivity index is 1.53. The standard InChI is InChI=1S/C51H81I3N6O36/c52-22-19(43(85)55-1-4-58-46(88)34(79)31(76)40(13(67)7-61)94-49-37(82)28(73)25(70)16(10-64)91-49)23(53)21(45(87)57-3-6-60-48(90)36(81)33(78)42(15(69)9-63)96-51-39(84)30(75)27(72)18(12-66)93-51)24(54)20(22)44(86)56-2-5-59-47(89)35(80)32(77)41(14(68)8-62)95-50-38(83)29(74)26(71)17(11-65)92-50/h13-18,25-42,49-51,61-84H,1-12H2,(H,55,85)(H,56,86)(H,57,87)(H,58,88)(H,59,89)(H,60,90)/t13-,14-,15-,16-,17-,18-,25+,26+,27+,28+,29+,30+,31-,32-,33-,34-,35-,36-,37-,38-,39-,40-,41-,42-,49+,50+,51+/m1/s1. The van der Waals surface area contributed by atoms with E-state index in [1.807, 2.05) is 0 Å². The summed E-state index contributed by atoms with van der Waals surface area (Å²) in [6.07, 6.45) is -56.5. The molecule has 0 unspecified atom stereocenters. The number of hydrogen-bond donors (Lipinski definition) is 30. The van der Waals surface area contributed by atoms with E-state index >= 15 is 0 Å². The van der Waals surface area contributed by atoms with Crippen LogP contribution in [0.2, 0.25) is 0 Å². The average Bonchev–Trinajstić information content (AvgIpc) is 0.771. The summed E-state index contributed by atoms with van der Waals surface area (Å²) in [5, 5.41) is 260. The number of benzene rings is 1. The summed E-state index contributed by atoms with van der Waals surface area (Å²) in [7, 11) is 0. The molecule has 0 aliphatic carbocycles. The van der Waals surface area contributed by atoms with Crippen molar-refractivity contribution in [3.8, 4) is 0 Å². The van der Waals surface area contributed by atoms with E-state index in [1.54, 1.807) is 67.8 Å². The minimum atomic E-state index is -2.52. The fourth-order valence-corrected chi connectivity index (χ4v) is 14.1. The first-order valence-corrected chi connectivity index (χ1v) is 32.1. The summed E-state index contributed by atoms with van der Waals surface area (Å²) in [5.41, 5.74) is -1.19. The Morgan fingerprint density at radius 3 is 0.750 bits per heavy atom. The van der Waals surface area contributed by atoms with Crippen LogP contribution in [0, 0.1) is 10.7 Å². The number of halogens is 3. The molecule has 0 radical (unpaired) electrons. The quantitative estimate of drug-likeness (QED) is 0.0219. The number of carbonyl (C=O) groups is 6. The molecule has 0 aromatic heterocycles. The fraction of sp³-hybridized carbons (Fsp3) is 0.765. The SMILES string of the molecule is O=C(NCCNC(=O)[C@H](O)[C@@H](O)[C@H](O[C@@H]1O[C@H](CO)[C@H](O)[C@H](O)[C@H]1O)[C@H](O)CO)c1c(I)c(C(=O)NCCNC(=O)[C@H](O)[C@@H](O)[C@H](O[C@@H]2O[C@H](CO)[C@H](O)[C@H](O)[C@H]2O)[C@H](O)CO)c(I)c(C(=O)NCCNC(=O)[C@H](O)[C@@H](O)[C@H](O[C@@H]2O[C@H](CO)[C@H](O)[C@H](O)[C@H]2O)[C@H](O)CO)c1I. The van der Waals surface area contributed by atoms with Gasteiger partial charge < -0.3 is 183 Å².